The zero-order chi connectivity index (χ0) is 23.6. The first-order valence-electron chi connectivity index (χ1n) is 10.3. The van der Waals surface area contributed by atoms with E-state index < -0.39 is 21.8 Å². The van der Waals surface area contributed by atoms with Gasteiger partial charge in [-0.2, -0.15) is 13.2 Å². The Morgan fingerprint density at radius 2 is 1.82 bits per heavy atom. The summed E-state index contributed by atoms with van der Waals surface area (Å²) in [5.74, 6) is 1.55. The number of sulfonamides is 1. The smallest absolute Gasteiger partial charge is 0.417 e. The fourth-order valence-corrected chi connectivity index (χ4v) is 4.86. The monoisotopic (exact) mass is 477 g/mol. The topological polar surface area (TPSA) is 71.5 Å². The van der Waals surface area contributed by atoms with E-state index in [1.54, 1.807) is 17.0 Å². The number of halogens is 3. The van der Waals surface area contributed by atoms with Crippen LogP contribution in [0.4, 0.5) is 19.0 Å². The van der Waals surface area contributed by atoms with Crippen molar-refractivity contribution < 1.29 is 26.3 Å². The molecule has 0 aliphatic carbocycles. The molecular weight excluding hydrogens is 455 g/mol. The molecule has 10 heteroatoms. The molecule has 0 radical (unpaired) electrons. The largest absolute Gasteiger partial charge is 0.457 e. The van der Waals surface area contributed by atoms with Gasteiger partial charge in [0, 0.05) is 25.3 Å². The molecule has 2 aromatic carbocycles. The van der Waals surface area contributed by atoms with E-state index >= 15 is 0 Å². The Hall–Kier alpha value is -3.11. The number of ether oxygens (including phenoxy) is 1. The average molecular weight is 478 g/mol. The third kappa shape index (κ3) is 5.63. The normalized spacial score (nSPS) is 16.7. The second kappa shape index (κ2) is 9.03. The molecule has 2 heterocycles. The number of hydrogen-bond donors (Lipinski definition) is 1. The molecule has 0 bridgehead atoms. The van der Waals surface area contributed by atoms with Crippen LogP contribution in [0.5, 0.6) is 11.5 Å². The van der Waals surface area contributed by atoms with Gasteiger partial charge in [-0.1, -0.05) is 12.1 Å². The lowest BCUT2D eigenvalue weighted by Gasteiger charge is -2.18. The van der Waals surface area contributed by atoms with E-state index in [-0.39, 0.29) is 10.9 Å². The van der Waals surface area contributed by atoms with E-state index in [4.69, 9.17) is 4.74 Å². The zero-order valence-corrected chi connectivity index (χ0v) is 18.5. The average Bonchev–Trinajstić information content (AvgIpc) is 3.21. The molecule has 4 rings (SSSR count). The maximum atomic E-state index is 12.8. The van der Waals surface area contributed by atoms with Gasteiger partial charge in [0.25, 0.3) is 0 Å². The minimum absolute atomic E-state index is 0.102. The molecule has 1 saturated heterocycles. The predicted octanol–water partition coefficient (Wildman–Crippen LogP) is 4.76. The van der Waals surface area contributed by atoms with Crippen LogP contribution in [0.2, 0.25) is 0 Å². The number of rotatable bonds is 6. The van der Waals surface area contributed by atoms with E-state index in [9.17, 15) is 21.6 Å². The predicted molar refractivity (Wildman–Crippen MR) is 118 cm³/mol. The summed E-state index contributed by atoms with van der Waals surface area (Å²) in [4.78, 5) is 5.74. The van der Waals surface area contributed by atoms with Crippen molar-refractivity contribution in [3.8, 4) is 11.5 Å². The molecule has 1 unspecified atom stereocenters. The van der Waals surface area contributed by atoms with Crippen molar-refractivity contribution in [2.75, 3.05) is 18.0 Å². The van der Waals surface area contributed by atoms with Gasteiger partial charge in [-0.3, -0.25) is 0 Å². The Balaban J connectivity index is 1.37. The second-order valence-corrected chi connectivity index (χ2v) is 9.56. The Morgan fingerprint density at radius 3 is 2.45 bits per heavy atom. The van der Waals surface area contributed by atoms with Gasteiger partial charge in [0.15, 0.2) is 0 Å². The lowest BCUT2D eigenvalue weighted by Crippen LogP contribution is -2.37. The van der Waals surface area contributed by atoms with Gasteiger partial charge in [0.05, 0.1) is 10.5 Å². The first kappa shape index (κ1) is 23.1. The minimum atomic E-state index is -4.45. The van der Waals surface area contributed by atoms with E-state index in [2.05, 4.69) is 9.71 Å². The first-order valence-corrected chi connectivity index (χ1v) is 11.7. The second-order valence-electron chi connectivity index (χ2n) is 7.85. The van der Waals surface area contributed by atoms with Crippen LogP contribution in [0.25, 0.3) is 0 Å². The highest BCUT2D eigenvalue weighted by molar-refractivity contribution is 7.89. The van der Waals surface area contributed by atoms with Gasteiger partial charge in [0.2, 0.25) is 10.0 Å². The summed E-state index contributed by atoms with van der Waals surface area (Å²) < 4.78 is 72.2. The van der Waals surface area contributed by atoms with Crippen LogP contribution in [0.3, 0.4) is 0 Å². The van der Waals surface area contributed by atoms with E-state index in [0.29, 0.717) is 36.8 Å². The number of hydrogen-bond acceptors (Lipinski definition) is 5. The van der Waals surface area contributed by atoms with Crippen LogP contribution in [0.15, 0.2) is 71.8 Å². The molecule has 1 aromatic heterocycles. The van der Waals surface area contributed by atoms with Crippen LogP contribution < -0.4 is 14.4 Å². The highest BCUT2D eigenvalue weighted by Gasteiger charge is 2.32. The lowest BCUT2D eigenvalue weighted by atomic mass is 10.2. The summed E-state index contributed by atoms with van der Waals surface area (Å²) in [5, 5.41) is 0. The van der Waals surface area contributed by atoms with Crippen LogP contribution in [-0.4, -0.2) is 32.5 Å². The molecule has 3 aromatic rings. The number of alkyl halides is 3. The van der Waals surface area contributed by atoms with Gasteiger partial charge in [0.1, 0.15) is 17.3 Å². The van der Waals surface area contributed by atoms with Gasteiger partial charge in [-0.05, 0) is 67.4 Å². The number of pyridine rings is 1. The van der Waals surface area contributed by atoms with Gasteiger partial charge < -0.3 is 9.64 Å². The molecule has 0 spiro atoms. The Bertz CT molecular complexity index is 1210. The van der Waals surface area contributed by atoms with Crippen LogP contribution >= 0.6 is 0 Å². The molecule has 1 fully saturated rings. The number of anilines is 1. The van der Waals surface area contributed by atoms with Gasteiger partial charge >= 0.3 is 6.18 Å². The Labute approximate surface area is 190 Å². The molecule has 6 nitrogen and oxygen atoms in total. The van der Waals surface area contributed by atoms with Gasteiger partial charge in [-0.25, -0.2) is 18.1 Å². The highest BCUT2D eigenvalue weighted by Crippen LogP contribution is 2.30. The molecule has 1 aliphatic heterocycles. The maximum Gasteiger partial charge on any atom is 0.417 e. The number of nitrogens with zero attached hydrogens (tertiary/aromatic N) is 2. The van der Waals surface area contributed by atoms with Crippen LogP contribution in [0.1, 0.15) is 17.5 Å². The number of aromatic nitrogens is 1. The van der Waals surface area contributed by atoms with Crippen molar-refractivity contribution >= 4 is 15.8 Å². The molecule has 33 heavy (non-hydrogen) atoms. The van der Waals surface area contributed by atoms with E-state index in [1.165, 1.54) is 18.2 Å². The summed E-state index contributed by atoms with van der Waals surface area (Å²) in [7, 11) is -3.77. The number of nitrogens with one attached hydrogen (secondary N) is 1. The van der Waals surface area contributed by atoms with Crippen LogP contribution in [-0.2, 0) is 16.2 Å². The molecule has 0 amide bonds. The van der Waals surface area contributed by atoms with Crippen molar-refractivity contribution in [3.05, 3.63) is 78.0 Å². The van der Waals surface area contributed by atoms with Gasteiger partial charge in [-0.15, -0.1) is 0 Å². The van der Waals surface area contributed by atoms with E-state index in [0.717, 1.165) is 17.8 Å². The number of benzene rings is 2. The summed E-state index contributed by atoms with van der Waals surface area (Å²) in [5.41, 5.74) is 0.227. The molecule has 1 atom stereocenters. The highest BCUT2D eigenvalue weighted by atomic mass is 32.2. The first-order chi connectivity index (χ1) is 15.6. The summed E-state index contributed by atoms with van der Waals surface area (Å²) in [6.45, 7) is 2.74. The maximum absolute atomic E-state index is 12.8. The zero-order valence-electron chi connectivity index (χ0n) is 17.7. The fraction of sp³-hybridized carbons (Fsp3) is 0.261. The van der Waals surface area contributed by atoms with Crippen molar-refractivity contribution in [1.29, 1.82) is 0 Å². The van der Waals surface area contributed by atoms with Crippen molar-refractivity contribution in [1.82, 2.24) is 9.71 Å². The number of aryl methyl sites for hydroxylation is 1. The lowest BCUT2D eigenvalue weighted by molar-refractivity contribution is -0.137. The van der Waals surface area contributed by atoms with Crippen LogP contribution in [0, 0.1) is 6.92 Å². The Kier molecular flexibility index (Phi) is 6.31. The Morgan fingerprint density at radius 1 is 1.06 bits per heavy atom. The third-order valence-corrected chi connectivity index (χ3v) is 6.80. The molecule has 1 aliphatic rings. The summed E-state index contributed by atoms with van der Waals surface area (Å²) in [6, 6.07) is 15.5. The summed E-state index contributed by atoms with van der Waals surface area (Å²) in [6.07, 6.45) is -3.15. The SMILES string of the molecule is Cc1cccc(Oc2ccc(S(=O)(=O)NC3CCN(c4ccc(C(F)(F)F)cn4)C3)cc2)c1. The third-order valence-electron chi connectivity index (χ3n) is 5.27. The fourth-order valence-electron chi connectivity index (χ4n) is 3.59. The summed E-state index contributed by atoms with van der Waals surface area (Å²) >= 11 is 0. The van der Waals surface area contributed by atoms with Crippen molar-refractivity contribution in [2.45, 2.75) is 30.5 Å². The minimum Gasteiger partial charge on any atom is -0.457 e. The standard InChI is InChI=1S/C23H22F3N3O3S/c1-16-3-2-4-20(13-16)32-19-6-8-21(9-7-19)33(30,31)28-18-11-12-29(15-18)22-10-5-17(14-27-22)23(24,25)26/h2-10,13-14,18,28H,11-12,15H2,1H3. The van der Waals surface area contributed by atoms with Crippen molar-refractivity contribution in [2.24, 2.45) is 0 Å². The quantitative estimate of drug-likeness (QED) is 0.555. The molecular formula is C23H22F3N3O3S. The molecule has 1 N–H and O–H groups in total. The van der Waals surface area contributed by atoms with Crippen molar-refractivity contribution in [3.63, 3.8) is 0 Å². The van der Waals surface area contributed by atoms with E-state index in [1.807, 2.05) is 31.2 Å². The molecule has 174 valence electrons. The molecule has 0 saturated carbocycles.